The van der Waals surface area contributed by atoms with Crippen molar-refractivity contribution in [2.45, 2.75) is 35.8 Å². The van der Waals surface area contributed by atoms with Crippen molar-refractivity contribution in [1.29, 1.82) is 0 Å². The van der Waals surface area contributed by atoms with Crippen molar-refractivity contribution < 1.29 is 37.9 Å². The Balaban J connectivity index is 1.24. The molecule has 4 aromatic rings. The molecule has 0 aliphatic carbocycles. The van der Waals surface area contributed by atoms with Gasteiger partial charge in [-0.3, -0.25) is 21.0 Å². The number of carbonyl (C=O) groups is 1. The molecule has 5 N–H and O–H groups in total. The Morgan fingerprint density at radius 2 is 1.46 bits per heavy atom. The van der Waals surface area contributed by atoms with Gasteiger partial charge in [-0.05, 0) is 41.0 Å². The van der Waals surface area contributed by atoms with Crippen molar-refractivity contribution in [1.82, 2.24) is 4.90 Å². The van der Waals surface area contributed by atoms with Crippen molar-refractivity contribution in [2.24, 2.45) is 26.2 Å². The summed E-state index contributed by atoms with van der Waals surface area (Å²) in [5.41, 5.74) is 12.6. The van der Waals surface area contributed by atoms with Crippen LogP contribution in [0.1, 0.15) is 27.0 Å². The van der Waals surface area contributed by atoms with Gasteiger partial charge in [0.25, 0.3) is 8.53 Å². The zero-order valence-electron chi connectivity index (χ0n) is 29.9. The zero-order chi connectivity index (χ0) is 37.9. The summed E-state index contributed by atoms with van der Waals surface area (Å²) < 4.78 is 36.8. The van der Waals surface area contributed by atoms with Crippen LogP contribution in [0.5, 0.6) is 11.5 Å². The van der Waals surface area contributed by atoms with Crippen LogP contribution in [-0.2, 0) is 24.3 Å². The predicted molar refractivity (Wildman–Crippen MR) is 204 cm³/mol. The number of ether oxygens (including phenoxy) is 5. The minimum absolute atomic E-state index is 0.0333. The third-order valence-electron chi connectivity index (χ3n) is 9.78. The van der Waals surface area contributed by atoms with E-state index in [2.05, 4.69) is 15.0 Å². The summed E-state index contributed by atoms with van der Waals surface area (Å²) in [5.74, 6) is 1.24. The van der Waals surface area contributed by atoms with Gasteiger partial charge in [-0.15, -0.1) is 0 Å². The minimum atomic E-state index is -2.36. The van der Waals surface area contributed by atoms with Crippen LogP contribution in [-0.4, -0.2) is 98.3 Å². The highest BCUT2D eigenvalue weighted by molar-refractivity contribution is 7.43. The van der Waals surface area contributed by atoms with Crippen molar-refractivity contribution in [3.8, 4) is 11.5 Å². The van der Waals surface area contributed by atoms with E-state index in [1.54, 1.807) is 43.4 Å². The van der Waals surface area contributed by atoms with Crippen LogP contribution >= 0.6 is 8.53 Å². The van der Waals surface area contributed by atoms with Gasteiger partial charge in [-0.1, -0.05) is 84.9 Å². The number of fused-ring (bicyclic) bond motifs is 1. The van der Waals surface area contributed by atoms with Crippen LogP contribution in [0.15, 0.2) is 124 Å². The second kappa shape index (κ2) is 15.8. The highest BCUT2D eigenvalue weighted by atomic mass is 31.2. The number of hydrogen-bond donors (Lipinski definition) is 3. The summed E-state index contributed by atoms with van der Waals surface area (Å²) >= 11 is 0. The highest BCUT2D eigenvalue weighted by Crippen LogP contribution is 2.44. The summed E-state index contributed by atoms with van der Waals surface area (Å²) in [5, 5.41) is 0. The van der Waals surface area contributed by atoms with Gasteiger partial charge < -0.3 is 38.0 Å². The third kappa shape index (κ3) is 6.83. The fraction of sp³-hybridized carbons (Fsp3) is 0.282. The molecule has 7 rings (SSSR count). The monoisotopic (exact) mass is 752 g/mol. The molecule has 0 saturated carbocycles. The van der Waals surface area contributed by atoms with Crippen LogP contribution in [0.2, 0.25) is 0 Å². The largest absolute Gasteiger partial charge is 0.497 e. The molecule has 3 aliphatic heterocycles. The Kier molecular flexibility index (Phi) is 11.0. The van der Waals surface area contributed by atoms with Gasteiger partial charge >= 0.3 is 0 Å². The molecule has 1 saturated heterocycles. The van der Waals surface area contributed by atoms with Gasteiger partial charge in [0.05, 0.1) is 20.8 Å². The van der Waals surface area contributed by atoms with E-state index in [-0.39, 0.29) is 19.0 Å². The van der Waals surface area contributed by atoms with E-state index in [4.69, 9.17) is 39.4 Å². The van der Waals surface area contributed by atoms with E-state index < -0.39 is 50.1 Å². The molecule has 54 heavy (non-hydrogen) atoms. The molecule has 280 valence electrons. The SMILES string of the molecule is COc1ccc(C(OC[C@H]2O[C@@H](N3CN=C4C3=NC=NC4(N)C(=O)c3ccccc3)[C@H](OC)[C@@H]2OP(N)O)(c2ccccc2)c2ccc(OC)cc2)cc1. The van der Waals surface area contributed by atoms with E-state index in [0.717, 1.165) is 16.7 Å². The van der Waals surface area contributed by atoms with Crippen LogP contribution in [0, 0.1) is 0 Å². The number of nitrogens with two attached hydrogens (primary N) is 2. The Morgan fingerprint density at radius 1 is 0.889 bits per heavy atom. The molecule has 0 bridgehead atoms. The molecule has 3 heterocycles. The first kappa shape index (κ1) is 37.4. The van der Waals surface area contributed by atoms with Gasteiger partial charge in [0, 0.05) is 12.7 Å². The molecule has 1 fully saturated rings. The molecule has 3 aliphatic rings. The first-order valence-corrected chi connectivity index (χ1v) is 18.4. The molecule has 0 amide bonds. The van der Waals surface area contributed by atoms with Crippen LogP contribution in [0.4, 0.5) is 0 Å². The Bertz CT molecular complexity index is 1970. The predicted octanol–water partition coefficient (Wildman–Crippen LogP) is 4.01. The number of methoxy groups -OCH3 is 3. The molecular formula is C39H41N6O8P. The molecule has 15 heteroatoms. The van der Waals surface area contributed by atoms with Crippen LogP contribution in [0.3, 0.4) is 0 Å². The number of hydrogen-bond acceptors (Lipinski definition) is 14. The molecule has 6 atom stereocenters. The molecular weight excluding hydrogens is 711 g/mol. The number of benzene rings is 4. The lowest BCUT2D eigenvalue weighted by Gasteiger charge is -2.37. The van der Waals surface area contributed by atoms with Gasteiger partial charge in [0.2, 0.25) is 11.4 Å². The zero-order valence-corrected chi connectivity index (χ0v) is 30.8. The second-order valence-corrected chi connectivity index (χ2v) is 13.5. The van der Waals surface area contributed by atoms with Gasteiger partial charge in [0.1, 0.15) is 54.1 Å². The lowest BCUT2D eigenvalue weighted by Crippen LogP contribution is -2.59. The Morgan fingerprint density at radius 3 is 2.02 bits per heavy atom. The number of Topliss-reactive ketones (excluding diaryl/α,β-unsaturated/α-hetero) is 1. The van der Waals surface area contributed by atoms with Crippen LogP contribution < -0.4 is 20.7 Å². The van der Waals surface area contributed by atoms with E-state index in [1.807, 2.05) is 84.9 Å². The second-order valence-electron chi connectivity index (χ2n) is 12.7. The summed E-state index contributed by atoms with van der Waals surface area (Å²) in [7, 11) is 2.38. The fourth-order valence-electron chi connectivity index (χ4n) is 7.14. The molecule has 0 radical (unpaired) electrons. The van der Waals surface area contributed by atoms with E-state index >= 15 is 0 Å². The number of ketones is 1. The fourth-order valence-corrected chi connectivity index (χ4v) is 7.64. The number of carbonyl (C=O) groups excluding carboxylic acids is 1. The summed E-state index contributed by atoms with van der Waals surface area (Å²) in [6.07, 6.45) is -2.18. The first-order valence-electron chi connectivity index (χ1n) is 17.1. The van der Waals surface area contributed by atoms with Crippen molar-refractivity contribution in [3.05, 3.63) is 131 Å². The summed E-state index contributed by atoms with van der Waals surface area (Å²) in [6.45, 7) is -0.0223. The lowest BCUT2D eigenvalue weighted by molar-refractivity contribution is -0.102. The van der Waals surface area contributed by atoms with Gasteiger partial charge in [0.15, 0.2) is 12.1 Å². The average Bonchev–Trinajstić information content (AvgIpc) is 3.80. The Labute approximate surface area is 314 Å². The maximum Gasteiger partial charge on any atom is 0.250 e. The number of amidine groups is 1. The topological polar surface area (TPSA) is 185 Å². The molecule has 0 spiro atoms. The number of nitrogens with zero attached hydrogens (tertiary/aromatic N) is 4. The molecule has 4 aromatic carbocycles. The molecule has 0 aromatic heterocycles. The first-order chi connectivity index (χ1) is 26.2. The number of aliphatic imine (C=N–C) groups is 3. The van der Waals surface area contributed by atoms with E-state index in [9.17, 15) is 9.69 Å². The van der Waals surface area contributed by atoms with E-state index in [1.165, 1.54) is 13.4 Å². The van der Waals surface area contributed by atoms with Crippen molar-refractivity contribution in [2.75, 3.05) is 34.6 Å². The van der Waals surface area contributed by atoms with E-state index in [0.29, 0.717) is 22.9 Å². The standard InChI is InChI=1S/C39H41N6O8P/c1-48-29-18-14-27(15-19-29)38(26-12-8-5-9-13-26,28-16-20-30(49-2)21-17-28)51-22-31-32(53-54(41)47)33(50-3)37(52-31)45-24-43-34-36(45)42-23-44-39(34,40)35(46)25-10-6-4-7-11-25/h4-21,23,31-33,37,47H,22,24,40-41H2,1-3H3/t31-,32-,33-,37-,39?,54?/m1/s1. The minimum Gasteiger partial charge on any atom is -0.497 e. The normalized spacial score (nSPS) is 24.1. The third-order valence-corrected chi connectivity index (χ3v) is 10.2. The van der Waals surface area contributed by atoms with Crippen molar-refractivity contribution in [3.63, 3.8) is 0 Å². The maximum absolute atomic E-state index is 13.7. The summed E-state index contributed by atoms with van der Waals surface area (Å²) in [6, 6.07) is 33.8. The van der Waals surface area contributed by atoms with Crippen LogP contribution in [0.25, 0.3) is 0 Å². The van der Waals surface area contributed by atoms with Gasteiger partial charge in [-0.2, -0.15) is 0 Å². The quantitative estimate of drug-likeness (QED) is 0.0961. The maximum atomic E-state index is 13.7. The lowest BCUT2D eigenvalue weighted by atomic mass is 9.80. The van der Waals surface area contributed by atoms with Gasteiger partial charge in [-0.25, -0.2) is 9.98 Å². The smallest absolute Gasteiger partial charge is 0.250 e. The number of rotatable bonds is 14. The molecule has 2 unspecified atom stereocenters. The molecule has 14 nitrogen and oxygen atoms in total. The Hall–Kier alpha value is -4.89. The average molecular weight is 753 g/mol. The highest BCUT2D eigenvalue weighted by Gasteiger charge is 2.55. The summed E-state index contributed by atoms with van der Waals surface area (Å²) in [4.78, 5) is 39.3. The van der Waals surface area contributed by atoms with Crippen molar-refractivity contribution >= 4 is 32.2 Å².